The molecular formula is C59H56ClN13. The Labute approximate surface area is 428 Å². The molecule has 0 aliphatic rings. The van der Waals surface area contributed by atoms with Crippen molar-refractivity contribution < 1.29 is 0 Å². The van der Waals surface area contributed by atoms with E-state index in [4.69, 9.17) is 23.1 Å². The lowest BCUT2D eigenvalue weighted by Crippen LogP contribution is -2.00. The van der Waals surface area contributed by atoms with Gasteiger partial charge in [-0.1, -0.05) is 152 Å². The SMILES string of the molecule is CCn1c(N)nc2ccccc21.Clc1nc2ccccc2n1Cc1ccccc1.Cn1c(N)nc2ccccc21.c1ccc(CNc2nc3ccccc3[nH]2)cc1.c1ccc(Cn2cnc3ccccc32)cc1. The van der Waals surface area contributed by atoms with Gasteiger partial charge in [-0.05, 0) is 95.9 Å². The maximum atomic E-state index is 6.17. The topological polar surface area (TPSA) is 164 Å². The second-order valence-corrected chi connectivity index (χ2v) is 17.3. The number of aryl methyl sites for hydroxylation is 2. The molecule has 0 saturated heterocycles. The largest absolute Gasteiger partial charge is 0.369 e. The van der Waals surface area contributed by atoms with E-state index in [9.17, 15) is 0 Å². The van der Waals surface area contributed by atoms with Crippen molar-refractivity contribution in [1.82, 2.24) is 48.2 Å². The second-order valence-electron chi connectivity index (χ2n) is 17.0. The first-order valence-corrected chi connectivity index (χ1v) is 24.4. The van der Waals surface area contributed by atoms with E-state index in [1.807, 2.05) is 185 Å². The van der Waals surface area contributed by atoms with Gasteiger partial charge in [0.2, 0.25) is 23.1 Å². The minimum Gasteiger partial charge on any atom is -0.369 e. The number of nitrogens with two attached hydrogens (primary N) is 2. The molecule has 73 heavy (non-hydrogen) atoms. The summed E-state index contributed by atoms with van der Waals surface area (Å²) in [4.78, 5) is 24.8. The lowest BCUT2D eigenvalue weighted by Gasteiger charge is -2.05. The van der Waals surface area contributed by atoms with Crippen molar-refractivity contribution in [2.45, 2.75) is 33.1 Å². The predicted octanol–water partition coefficient (Wildman–Crippen LogP) is 12.8. The van der Waals surface area contributed by atoms with Gasteiger partial charge in [0.05, 0.1) is 68.0 Å². The molecule has 8 aromatic carbocycles. The third kappa shape index (κ3) is 12.2. The molecule has 0 radical (unpaired) electrons. The zero-order valence-electron chi connectivity index (χ0n) is 40.7. The molecule has 0 fully saturated rings. The molecule has 5 heterocycles. The Morgan fingerprint density at radius 3 is 1.53 bits per heavy atom. The van der Waals surface area contributed by atoms with Crippen LogP contribution in [0.15, 0.2) is 219 Å². The quantitative estimate of drug-likeness (QED) is 0.117. The highest BCUT2D eigenvalue weighted by molar-refractivity contribution is 6.29. The molecule has 5 aromatic heterocycles. The van der Waals surface area contributed by atoms with E-state index in [0.717, 1.165) is 81.8 Å². The van der Waals surface area contributed by atoms with Crippen LogP contribution in [0.3, 0.4) is 0 Å². The first-order chi connectivity index (χ1) is 35.8. The Kier molecular flexibility index (Phi) is 15.8. The maximum absolute atomic E-state index is 6.17. The third-order valence-electron chi connectivity index (χ3n) is 12.0. The Bertz CT molecular complexity index is 3770. The van der Waals surface area contributed by atoms with Crippen molar-refractivity contribution in [2.75, 3.05) is 16.8 Å². The van der Waals surface area contributed by atoms with Crippen LogP contribution in [0, 0.1) is 0 Å². The van der Waals surface area contributed by atoms with Crippen LogP contribution < -0.4 is 16.8 Å². The molecule has 0 bridgehead atoms. The van der Waals surface area contributed by atoms with E-state index >= 15 is 0 Å². The fraction of sp³-hybridized carbons (Fsp3) is 0.102. The molecule has 0 amide bonds. The summed E-state index contributed by atoms with van der Waals surface area (Å²) >= 11 is 6.17. The summed E-state index contributed by atoms with van der Waals surface area (Å²) in [6.07, 6.45) is 1.90. The average molecular weight is 983 g/mol. The van der Waals surface area contributed by atoms with Gasteiger partial charge < -0.3 is 40.0 Å². The van der Waals surface area contributed by atoms with Crippen molar-refractivity contribution in [2.24, 2.45) is 7.05 Å². The number of nitrogens with zero attached hydrogens (tertiary/aromatic N) is 9. The lowest BCUT2D eigenvalue weighted by molar-refractivity contribution is 0.800. The molecule has 0 aliphatic heterocycles. The summed E-state index contributed by atoms with van der Waals surface area (Å²) in [6.45, 7) is 5.33. The predicted molar refractivity (Wildman–Crippen MR) is 300 cm³/mol. The molecule has 13 aromatic rings. The van der Waals surface area contributed by atoms with Crippen LogP contribution in [0.2, 0.25) is 5.28 Å². The third-order valence-corrected chi connectivity index (χ3v) is 12.3. The van der Waals surface area contributed by atoms with Crippen LogP contribution in [0.1, 0.15) is 23.6 Å². The molecule has 6 N–H and O–H groups in total. The molecule has 14 heteroatoms. The molecule has 0 atom stereocenters. The smallest absolute Gasteiger partial charge is 0.204 e. The molecule has 0 saturated carbocycles. The number of imidazole rings is 5. The van der Waals surface area contributed by atoms with E-state index in [1.54, 1.807) is 0 Å². The number of rotatable bonds is 8. The normalized spacial score (nSPS) is 10.7. The van der Waals surface area contributed by atoms with Crippen molar-refractivity contribution in [3.8, 4) is 0 Å². The van der Waals surface area contributed by atoms with Gasteiger partial charge in [0.25, 0.3) is 0 Å². The summed E-state index contributed by atoms with van der Waals surface area (Å²) in [5.41, 5.74) is 25.5. The number of aromatic nitrogens is 10. The number of halogens is 1. The highest BCUT2D eigenvalue weighted by Crippen LogP contribution is 2.22. The lowest BCUT2D eigenvalue weighted by atomic mass is 10.2. The van der Waals surface area contributed by atoms with E-state index in [2.05, 4.69) is 101 Å². The minimum atomic E-state index is 0.537. The summed E-state index contributed by atoms with van der Waals surface area (Å²) in [5, 5.41) is 3.82. The maximum Gasteiger partial charge on any atom is 0.204 e. The molecular weight excluding hydrogens is 926 g/mol. The summed E-state index contributed by atoms with van der Waals surface area (Å²) < 4.78 is 8.06. The summed E-state index contributed by atoms with van der Waals surface area (Å²) in [7, 11) is 1.91. The monoisotopic (exact) mass is 981 g/mol. The average Bonchev–Trinajstić information content (AvgIpc) is 4.26. The van der Waals surface area contributed by atoms with Gasteiger partial charge in [0.1, 0.15) is 0 Å². The van der Waals surface area contributed by atoms with Crippen molar-refractivity contribution >= 4 is 84.6 Å². The van der Waals surface area contributed by atoms with E-state index in [1.165, 1.54) is 22.2 Å². The molecule has 0 spiro atoms. The molecule has 364 valence electrons. The van der Waals surface area contributed by atoms with Crippen LogP contribution in [0.25, 0.3) is 55.2 Å². The molecule has 13 nitrogen and oxygen atoms in total. The number of hydrogen-bond acceptors (Lipinski definition) is 8. The van der Waals surface area contributed by atoms with Gasteiger partial charge in [0, 0.05) is 26.7 Å². The number of nitrogen functional groups attached to an aromatic ring is 2. The van der Waals surface area contributed by atoms with Crippen LogP contribution in [0.4, 0.5) is 17.8 Å². The first kappa shape index (κ1) is 48.8. The number of nitrogens with one attached hydrogen (secondary N) is 2. The number of hydrogen-bond donors (Lipinski definition) is 4. The molecule has 0 unspecified atom stereocenters. The van der Waals surface area contributed by atoms with E-state index < -0.39 is 0 Å². The number of fused-ring (bicyclic) bond motifs is 5. The van der Waals surface area contributed by atoms with Crippen LogP contribution >= 0.6 is 11.6 Å². The Hall–Kier alpha value is -9.20. The van der Waals surface area contributed by atoms with Crippen LogP contribution in [-0.2, 0) is 33.2 Å². The fourth-order valence-corrected chi connectivity index (χ4v) is 8.53. The highest BCUT2D eigenvalue weighted by Gasteiger charge is 2.09. The first-order valence-electron chi connectivity index (χ1n) is 24.0. The Morgan fingerprint density at radius 2 is 0.932 bits per heavy atom. The molecule has 13 rings (SSSR count). The summed E-state index contributed by atoms with van der Waals surface area (Å²) in [6, 6.07) is 71.0. The molecule has 0 aliphatic carbocycles. The van der Waals surface area contributed by atoms with Gasteiger partial charge in [-0.2, -0.15) is 0 Å². The van der Waals surface area contributed by atoms with E-state index in [-0.39, 0.29) is 0 Å². The van der Waals surface area contributed by atoms with Gasteiger partial charge in [-0.25, -0.2) is 24.9 Å². The van der Waals surface area contributed by atoms with Gasteiger partial charge in [0.15, 0.2) is 0 Å². The number of aromatic amines is 1. The van der Waals surface area contributed by atoms with Gasteiger partial charge in [-0.15, -0.1) is 0 Å². The van der Waals surface area contributed by atoms with Crippen molar-refractivity contribution in [3.63, 3.8) is 0 Å². The fourth-order valence-electron chi connectivity index (χ4n) is 8.29. The summed E-state index contributed by atoms with van der Waals surface area (Å²) in [5.74, 6) is 1.97. The zero-order valence-corrected chi connectivity index (χ0v) is 41.4. The Morgan fingerprint density at radius 1 is 0.466 bits per heavy atom. The van der Waals surface area contributed by atoms with Gasteiger partial charge >= 0.3 is 0 Å². The number of benzene rings is 8. The number of para-hydroxylation sites is 10. The second kappa shape index (κ2) is 23.6. The number of anilines is 3. The van der Waals surface area contributed by atoms with Gasteiger partial charge in [-0.3, -0.25) is 0 Å². The highest BCUT2D eigenvalue weighted by atomic mass is 35.5. The van der Waals surface area contributed by atoms with Crippen molar-refractivity contribution in [3.05, 3.63) is 241 Å². The standard InChI is InChI=1S/C14H11ClN2.C14H13N3.C14H12N2.C9H11N3.C8H9N3/c15-14-16-12-8-4-5-9-13(12)17(14)10-11-6-2-1-3-7-11;1-2-6-11(7-3-1)10-15-14-16-12-8-4-5-9-13(12)17-14;1-2-6-12(7-3-1)10-16-11-15-13-8-4-5-9-14(13)16;1-2-12-8-6-4-3-5-7(8)11-9(12)10;1-11-7-5-3-2-4-6(7)10-8(11)9/h1-9H,10H2;1-9H,10H2,(H2,15,16,17);1-9,11H,10H2;3-6H,2H2,1H3,(H2,10,11);2-5H,1H3,(H2,9,10). The Balaban J connectivity index is 0.000000113. The van der Waals surface area contributed by atoms with Crippen molar-refractivity contribution in [1.29, 1.82) is 0 Å². The minimum absolute atomic E-state index is 0.537. The van der Waals surface area contributed by atoms with E-state index in [0.29, 0.717) is 17.2 Å². The van der Waals surface area contributed by atoms with Crippen LogP contribution in [0.5, 0.6) is 0 Å². The number of H-pyrrole nitrogens is 1. The zero-order chi connectivity index (χ0) is 50.4. The van der Waals surface area contributed by atoms with Crippen LogP contribution in [-0.4, -0.2) is 48.2 Å².